The van der Waals surface area contributed by atoms with Crippen molar-refractivity contribution in [3.8, 4) is 5.75 Å². The standard InChI is InChI=1S/C17H12ClIN2O2/c1-23-12-4-2-3-10(7-12)8-15-17(22)21-16(20-15)13-9-11(19)5-6-14(13)18/h2-9H,1H3,(H,20,21,22). The lowest BCUT2D eigenvalue weighted by molar-refractivity contribution is -0.115. The second-order valence-corrected chi connectivity index (χ2v) is 6.50. The van der Waals surface area contributed by atoms with Gasteiger partial charge in [-0.3, -0.25) is 4.79 Å². The van der Waals surface area contributed by atoms with E-state index in [-0.39, 0.29) is 5.91 Å². The van der Waals surface area contributed by atoms with Gasteiger partial charge in [-0.25, -0.2) is 4.99 Å². The van der Waals surface area contributed by atoms with Gasteiger partial charge in [0.2, 0.25) is 0 Å². The number of nitrogens with zero attached hydrogens (tertiary/aromatic N) is 1. The summed E-state index contributed by atoms with van der Waals surface area (Å²) in [5.74, 6) is 0.938. The maximum atomic E-state index is 12.1. The zero-order valence-corrected chi connectivity index (χ0v) is 15.1. The van der Waals surface area contributed by atoms with E-state index in [1.165, 1.54) is 0 Å². The van der Waals surface area contributed by atoms with Crippen LogP contribution in [0.5, 0.6) is 5.75 Å². The molecule has 4 nitrogen and oxygen atoms in total. The Balaban J connectivity index is 1.98. The number of nitrogens with one attached hydrogen (secondary N) is 1. The molecule has 0 saturated carbocycles. The summed E-state index contributed by atoms with van der Waals surface area (Å²) in [5, 5.41) is 3.31. The van der Waals surface area contributed by atoms with Crippen molar-refractivity contribution in [2.75, 3.05) is 7.11 Å². The smallest absolute Gasteiger partial charge is 0.275 e. The minimum atomic E-state index is -0.252. The number of hydrogen-bond donors (Lipinski definition) is 1. The zero-order valence-electron chi connectivity index (χ0n) is 12.1. The van der Waals surface area contributed by atoms with E-state index in [2.05, 4.69) is 32.9 Å². The number of aliphatic imine (C=N–C) groups is 1. The predicted octanol–water partition coefficient (Wildman–Crippen LogP) is 3.87. The monoisotopic (exact) mass is 438 g/mol. The van der Waals surface area contributed by atoms with Crippen molar-refractivity contribution in [2.45, 2.75) is 0 Å². The summed E-state index contributed by atoms with van der Waals surface area (Å²) in [5.41, 5.74) is 1.89. The quantitative estimate of drug-likeness (QED) is 0.584. The van der Waals surface area contributed by atoms with Gasteiger partial charge in [0, 0.05) is 9.13 Å². The van der Waals surface area contributed by atoms with Gasteiger partial charge in [0.25, 0.3) is 5.91 Å². The molecule has 0 saturated heterocycles. The average Bonchev–Trinajstić information content (AvgIpc) is 2.90. The van der Waals surface area contributed by atoms with Crippen LogP contribution >= 0.6 is 34.2 Å². The molecule has 1 aliphatic heterocycles. The van der Waals surface area contributed by atoms with Gasteiger partial charge in [0.05, 0.1) is 12.1 Å². The molecule has 2 aromatic carbocycles. The normalized spacial score (nSPS) is 15.5. The summed E-state index contributed by atoms with van der Waals surface area (Å²) in [6.45, 7) is 0. The molecular weight excluding hydrogens is 427 g/mol. The first kappa shape index (κ1) is 16.0. The largest absolute Gasteiger partial charge is 0.497 e. The third-order valence-electron chi connectivity index (χ3n) is 3.28. The highest BCUT2D eigenvalue weighted by molar-refractivity contribution is 14.1. The second kappa shape index (κ2) is 6.72. The van der Waals surface area contributed by atoms with Crippen molar-refractivity contribution in [1.29, 1.82) is 0 Å². The molecule has 1 amide bonds. The molecule has 0 atom stereocenters. The number of amidine groups is 1. The number of amides is 1. The molecule has 2 aromatic rings. The first-order valence-corrected chi connectivity index (χ1v) is 8.24. The Bertz CT molecular complexity index is 846. The van der Waals surface area contributed by atoms with Gasteiger partial charge in [0.15, 0.2) is 0 Å². The van der Waals surface area contributed by atoms with Crippen LogP contribution in [0.25, 0.3) is 6.08 Å². The number of methoxy groups -OCH3 is 1. The minimum Gasteiger partial charge on any atom is -0.497 e. The minimum absolute atomic E-state index is 0.252. The van der Waals surface area contributed by atoms with Crippen LogP contribution in [0, 0.1) is 3.57 Å². The predicted molar refractivity (Wildman–Crippen MR) is 99.8 cm³/mol. The Morgan fingerprint density at radius 2 is 2.09 bits per heavy atom. The zero-order chi connectivity index (χ0) is 16.4. The second-order valence-electron chi connectivity index (χ2n) is 4.84. The first-order chi connectivity index (χ1) is 11.1. The van der Waals surface area contributed by atoms with Crippen LogP contribution in [0.2, 0.25) is 5.02 Å². The highest BCUT2D eigenvalue weighted by Gasteiger charge is 2.22. The topological polar surface area (TPSA) is 50.7 Å². The van der Waals surface area contributed by atoms with E-state index in [1.54, 1.807) is 19.3 Å². The third-order valence-corrected chi connectivity index (χ3v) is 4.28. The fourth-order valence-electron chi connectivity index (χ4n) is 2.16. The number of hydrogen-bond acceptors (Lipinski definition) is 3. The molecule has 1 heterocycles. The summed E-state index contributed by atoms with van der Waals surface area (Å²) >= 11 is 8.39. The molecule has 23 heavy (non-hydrogen) atoms. The summed E-state index contributed by atoms with van der Waals surface area (Å²) in [6, 6.07) is 13.0. The SMILES string of the molecule is COc1cccc(C=C2N=C(c3cc(I)ccc3Cl)NC2=O)c1. The van der Waals surface area contributed by atoms with Gasteiger partial charge in [-0.15, -0.1) is 0 Å². The number of carbonyl (C=O) groups excluding carboxylic acids is 1. The highest BCUT2D eigenvalue weighted by Crippen LogP contribution is 2.23. The van der Waals surface area contributed by atoms with E-state index < -0.39 is 0 Å². The van der Waals surface area contributed by atoms with Crippen molar-refractivity contribution < 1.29 is 9.53 Å². The highest BCUT2D eigenvalue weighted by atomic mass is 127. The first-order valence-electron chi connectivity index (χ1n) is 6.78. The van der Waals surface area contributed by atoms with Gasteiger partial charge in [0.1, 0.15) is 17.3 Å². The Hall–Kier alpha value is -1.86. The molecule has 0 fully saturated rings. The lowest BCUT2D eigenvalue weighted by atomic mass is 10.2. The van der Waals surface area contributed by atoms with Crippen molar-refractivity contribution >= 4 is 52.0 Å². The van der Waals surface area contributed by atoms with Crippen molar-refractivity contribution in [1.82, 2.24) is 5.32 Å². The van der Waals surface area contributed by atoms with Crippen molar-refractivity contribution in [3.05, 3.63) is 67.9 Å². The van der Waals surface area contributed by atoms with E-state index in [9.17, 15) is 4.79 Å². The van der Waals surface area contributed by atoms with E-state index in [4.69, 9.17) is 16.3 Å². The maximum absolute atomic E-state index is 12.1. The molecule has 3 rings (SSSR count). The molecule has 0 radical (unpaired) electrons. The van der Waals surface area contributed by atoms with Crippen LogP contribution in [0.4, 0.5) is 0 Å². The molecule has 1 aliphatic rings. The molecule has 0 aromatic heterocycles. The molecular formula is C17H12ClIN2O2. The number of benzene rings is 2. The molecule has 1 N–H and O–H groups in total. The summed E-state index contributed by atoms with van der Waals surface area (Å²) in [4.78, 5) is 16.5. The van der Waals surface area contributed by atoms with E-state index in [0.717, 1.165) is 14.9 Å². The fourth-order valence-corrected chi connectivity index (χ4v) is 2.86. The van der Waals surface area contributed by atoms with Crippen LogP contribution in [0.3, 0.4) is 0 Å². The van der Waals surface area contributed by atoms with Crippen LogP contribution in [-0.4, -0.2) is 18.9 Å². The molecule has 0 bridgehead atoms. The van der Waals surface area contributed by atoms with E-state index in [1.807, 2.05) is 36.4 Å². The number of ether oxygens (including phenoxy) is 1. The molecule has 0 aliphatic carbocycles. The molecule has 116 valence electrons. The third kappa shape index (κ3) is 3.56. The number of rotatable bonds is 3. The van der Waals surface area contributed by atoms with Crippen molar-refractivity contribution in [3.63, 3.8) is 0 Å². The van der Waals surface area contributed by atoms with Crippen LogP contribution in [0.15, 0.2) is 53.2 Å². The van der Waals surface area contributed by atoms with Crippen LogP contribution in [0.1, 0.15) is 11.1 Å². The van der Waals surface area contributed by atoms with E-state index >= 15 is 0 Å². The molecule has 0 unspecified atom stereocenters. The van der Waals surface area contributed by atoms with Gasteiger partial charge in [-0.05, 0) is 64.6 Å². The van der Waals surface area contributed by atoms with Crippen LogP contribution in [-0.2, 0) is 4.79 Å². The molecule has 6 heteroatoms. The van der Waals surface area contributed by atoms with Gasteiger partial charge in [-0.1, -0.05) is 23.7 Å². The lowest BCUT2D eigenvalue weighted by Crippen LogP contribution is -2.25. The Morgan fingerprint density at radius 3 is 2.87 bits per heavy atom. The lowest BCUT2D eigenvalue weighted by Gasteiger charge is -2.03. The van der Waals surface area contributed by atoms with E-state index in [0.29, 0.717) is 22.1 Å². The fraction of sp³-hybridized carbons (Fsp3) is 0.0588. The van der Waals surface area contributed by atoms with Gasteiger partial charge < -0.3 is 10.1 Å². The summed E-state index contributed by atoms with van der Waals surface area (Å²) in [6.07, 6.45) is 1.71. The van der Waals surface area contributed by atoms with Gasteiger partial charge in [-0.2, -0.15) is 0 Å². The molecule has 0 spiro atoms. The average molecular weight is 439 g/mol. The van der Waals surface area contributed by atoms with Gasteiger partial charge >= 0.3 is 0 Å². The van der Waals surface area contributed by atoms with Crippen molar-refractivity contribution in [2.24, 2.45) is 4.99 Å². The maximum Gasteiger partial charge on any atom is 0.275 e. The number of carbonyl (C=O) groups is 1. The Morgan fingerprint density at radius 1 is 1.26 bits per heavy atom. The van der Waals surface area contributed by atoms with Crippen LogP contribution < -0.4 is 10.1 Å². The summed E-state index contributed by atoms with van der Waals surface area (Å²) in [7, 11) is 1.60. The Kier molecular flexibility index (Phi) is 4.68. The Labute approximate surface area is 152 Å². The number of halogens is 2. The summed E-state index contributed by atoms with van der Waals surface area (Å²) < 4.78 is 6.20.